The fourth-order valence-corrected chi connectivity index (χ4v) is 2.60. The minimum absolute atomic E-state index is 0.0734. The second-order valence-electron chi connectivity index (χ2n) is 5.48. The van der Waals surface area contributed by atoms with Gasteiger partial charge >= 0.3 is 7.60 Å². The van der Waals surface area contributed by atoms with Crippen molar-refractivity contribution in [3.63, 3.8) is 0 Å². The molecule has 0 aromatic carbocycles. The van der Waals surface area contributed by atoms with Gasteiger partial charge in [-0.25, -0.2) is 0 Å². The zero-order valence-electron chi connectivity index (χ0n) is 11.5. The molecule has 108 valence electrons. The first-order valence-electron chi connectivity index (χ1n) is 6.15. The van der Waals surface area contributed by atoms with Crippen molar-refractivity contribution in [1.82, 2.24) is 5.32 Å². The summed E-state index contributed by atoms with van der Waals surface area (Å²) < 4.78 is 11.3. The van der Waals surface area contributed by atoms with Crippen LogP contribution in [0.25, 0.3) is 0 Å². The summed E-state index contributed by atoms with van der Waals surface area (Å²) in [5, 5.41) is 2.37. The van der Waals surface area contributed by atoms with Gasteiger partial charge in [-0.15, -0.1) is 0 Å². The van der Waals surface area contributed by atoms with Gasteiger partial charge in [-0.05, 0) is 24.7 Å². The second kappa shape index (κ2) is 7.24. The van der Waals surface area contributed by atoms with Crippen LogP contribution in [0.2, 0.25) is 0 Å². The van der Waals surface area contributed by atoms with E-state index in [1.54, 1.807) is 0 Å². The quantitative estimate of drug-likeness (QED) is 0.520. The van der Waals surface area contributed by atoms with E-state index >= 15 is 0 Å². The zero-order chi connectivity index (χ0) is 14.5. The van der Waals surface area contributed by atoms with Crippen LogP contribution < -0.4 is 11.1 Å². The van der Waals surface area contributed by atoms with Crippen LogP contribution in [0.5, 0.6) is 0 Å². The van der Waals surface area contributed by atoms with E-state index in [9.17, 15) is 19.1 Å². The molecule has 0 radical (unpaired) electrons. The Bertz CT molecular complexity index is 314. The van der Waals surface area contributed by atoms with Crippen LogP contribution in [0.15, 0.2) is 0 Å². The highest BCUT2D eigenvalue weighted by atomic mass is 31.2. The first-order chi connectivity index (χ1) is 8.04. The van der Waals surface area contributed by atoms with Crippen LogP contribution in [0.4, 0.5) is 0 Å². The maximum atomic E-state index is 11.7. The summed E-state index contributed by atoms with van der Waals surface area (Å²) in [4.78, 5) is 30.1. The van der Waals surface area contributed by atoms with E-state index in [0.29, 0.717) is 6.42 Å². The first-order valence-corrected chi connectivity index (χ1v) is 7.83. The SMILES string of the molecule is CC(C)CC(N)C(=O)NC(CC(C)C)P(=O)(O)O. The minimum Gasteiger partial charge on any atom is -0.341 e. The van der Waals surface area contributed by atoms with E-state index in [-0.39, 0.29) is 18.3 Å². The van der Waals surface area contributed by atoms with E-state index in [1.807, 2.05) is 27.7 Å². The average Bonchev–Trinajstić information content (AvgIpc) is 2.13. The van der Waals surface area contributed by atoms with Crippen LogP contribution in [0.1, 0.15) is 40.5 Å². The minimum atomic E-state index is -4.35. The van der Waals surface area contributed by atoms with Gasteiger partial charge in [0.2, 0.25) is 5.91 Å². The van der Waals surface area contributed by atoms with Gasteiger partial charge in [0, 0.05) is 0 Å². The van der Waals surface area contributed by atoms with Gasteiger partial charge in [0.15, 0.2) is 0 Å². The summed E-state index contributed by atoms with van der Waals surface area (Å²) in [6.07, 6.45) is 0.714. The Morgan fingerprint density at radius 1 is 1.17 bits per heavy atom. The van der Waals surface area contributed by atoms with Crippen LogP contribution in [-0.4, -0.2) is 27.5 Å². The molecule has 0 heterocycles. The van der Waals surface area contributed by atoms with Gasteiger partial charge in [-0.3, -0.25) is 9.36 Å². The summed E-state index contributed by atoms with van der Waals surface area (Å²) in [6, 6.07) is -0.730. The lowest BCUT2D eigenvalue weighted by atomic mass is 10.0. The van der Waals surface area contributed by atoms with Gasteiger partial charge in [0.25, 0.3) is 0 Å². The highest BCUT2D eigenvalue weighted by Gasteiger charge is 2.32. The predicted molar refractivity (Wildman–Crippen MR) is 70.9 cm³/mol. The predicted octanol–water partition coefficient (Wildman–Crippen LogP) is 1.03. The third-order valence-corrected chi connectivity index (χ3v) is 3.62. The molecule has 0 saturated carbocycles. The Kier molecular flexibility index (Phi) is 7.07. The van der Waals surface area contributed by atoms with Crippen LogP contribution in [-0.2, 0) is 9.36 Å². The average molecular weight is 280 g/mol. The van der Waals surface area contributed by atoms with Crippen LogP contribution >= 0.6 is 7.60 Å². The molecule has 0 aromatic heterocycles. The maximum Gasteiger partial charge on any atom is 0.347 e. The lowest BCUT2D eigenvalue weighted by Gasteiger charge is -2.23. The lowest BCUT2D eigenvalue weighted by molar-refractivity contribution is -0.123. The van der Waals surface area contributed by atoms with Crippen molar-refractivity contribution in [3.8, 4) is 0 Å². The van der Waals surface area contributed by atoms with Crippen molar-refractivity contribution in [3.05, 3.63) is 0 Å². The van der Waals surface area contributed by atoms with Crippen LogP contribution in [0.3, 0.4) is 0 Å². The molecule has 0 spiro atoms. The van der Waals surface area contributed by atoms with E-state index in [4.69, 9.17) is 5.73 Å². The third-order valence-electron chi connectivity index (χ3n) is 2.47. The Balaban J connectivity index is 4.59. The third kappa shape index (κ3) is 7.11. The number of carbonyl (C=O) groups excluding carboxylic acids is 1. The number of rotatable bonds is 7. The molecular weight excluding hydrogens is 255 g/mol. The molecule has 18 heavy (non-hydrogen) atoms. The standard InChI is InChI=1S/C11H25N2O4P/c1-7(2)5-9(12)11(14)13-10(6-8(3)4)18(15,16)17/h7-10H,5-6,12H2,1-4H3,(H,13,14)(H2,15,16,17). The first kappa shape index (κ1) is 17.6. The Morgan fingerprint density at radius 2 is 1.61 bits per heavy atom. The van der Waals surface area contributed by atoms with E-state index in [2.05, 4.69) is 5.32 Å². The second-order valence-corrected chi connectivity index (χ2v) is 7.28. The van der Waals surface area contributed by atoms with E-state index in [1.165, 1.54) is 0 Å². The van der Waals surface area contributed by atoms with Gasteiger partial charge < -0.3 is 20.8 Å². The summed E-state index contributed by atoms with van der Waals surface area (Å²) in [7, 11) is -4.35. The van der Waals surface area contributed by atoms with Gasteiger partial charge in [-0.1, -0.05) is 27.7 Å². The van der Waals surface area contributed by atoms with E-state index in [0.717, 1.165) is 0 Å². The summed E-state index contributed by atoms with van der Waals surface area (Å²) in [5.74, 6) is -1.32. The number of hydrogen-bond acceptors (Lipinski definition) is 3. The van der Waals surface area contributed by atoms with Gasteiger partial charge in [-0.2, -0.15) is 0 Å². The highest BCUT2D eigenvalue weighted by Crippen LogP contribution is 2.42. The molecule has 5 N–H and O–H groups in total. The molecule has 0 saturated heterocycles. The normalized spacial score (nSPS) is 15.8. The fourth-order valence-electron chi connectivity index (χ4n) is 1.61. The monoisotopic (exact) mass is 280 g/mol. The van der Waals surface area contributed by atoms with Crippen molar-refractivity contribution < 1.29 is 19.1 Å². The molecule has 0 aromatic rings. The molecule has 0 aliphatic heterocycles. The Morgan fingerprint density at radius 3 is 1.94 bits per heavy atom. The molecule has 0 aliphatic rings. The number of nitrogens with two attached hydrogens (primary N) is 1. The zero-order valence-corrected chi connectivity index (χ0v) is 12.4. The largest absolute Gasteiger partial charge is 0.347 e. The van der Waals surface area contributed by atoms with E-state index < -0.39 is 25.3 Å². The molecule has 0 aliphatic carbocycles. The Hall–Kier alpha value is -0.420. The molecule has 0 rings (SSSR count). The molecule has 2 atom stereocenters. The Labute approximate surface area is 108 Å². The molecular formula is C11H25N2O4P. The number of nitrogens with one attached hydrogen (secondary N) is 1. The molecule has 6 nitrogen and oxygen atoms in total. The summed E-state index contributed by atoms with van der Waals surface area (Å²) in [6.45, 7) is 7.54. The molecule has 2 unspecified atom stereocenters. The lowest BCUT2D eigenvalue weighted by Crippen LogP contribution is -2.46. The molecule has 0 fully saturated rings. The number of carbonyl (C=O) groups is 1. The van der Waals surface area contributed by atoms with Crippen molar-refractivity contribution >= 4 is 13.5 Å². The summed E-state index contributed by atoms with van der Waals surface area (Å²) in [5.41, 5.74) is 5.68. The molecule has 0 bridgehead atoms. The van der Waals surface area contributed by atoms with Crippen molar-refractivity contribution in [1.29, 1.82) is 0 Å². The van der Waals surface area contributed by atoms with Crippen molar-refractivity contribution in [2.24, 2.45) is 17.6 Å². The van der Waals surface area contributed by atoms with Crippen LogP contribution in [0, 0.1) is 11.8 Å². The smallest absolute Gasteiger partial charge is 0.341 e. The van der Waals surface area contributed by atoms with Gasteiger partial charge in [0.05, 0.1) is 6.04 Å². The van der Waals surface area contributed by atoms with Gasteiger partial charge in [0.1, 0.15) is 5.78 Å². The fraction of sp³-hybridized carbons (Fsp3) is 0.909. The number of hydrogen-bond donors (Lipinski definition) is 4. The summed E-state index contributed by atoms with van der Waals surface area (Å²) >= 11 is 0. The molecule has 7 heteroatoms. The maximum absolute atomic E-state index is 11.7. The van der Waals surface area contributed by atoms with Crippen molar-refractivity contribution in [2.45, 2.75) is 52.4 Å². The molecule has 1 amide bonds. The number of amides is 1. The topological polar surface area (TPSA) is 113 Å². The van der Waals surface area contributed by atoms with Crippen molar-refractivity contribution in [2.75, 3.05) is 0 Å². The highest BCUT2D eigenvalue weighted by molar-refractivity contribution is 7.52.